The minimum absolute atomic E-state index is 0.0395. The maximum absolute atomic E-state index is 11.5. The third kappa shape index (κ3) is 3.53. The Morgan fingerprint density at radius 3 is 1.91 bits per heavy atom. The van der Waals surface area contributed by atoms with Crippen LogP contribution in [0.25, 0.3) is 0 Å². The molecule has 0 aromatic heterocycles. The molecule has 2 rings (SSSR count). The van der Waals surface area contributed by atoms with E-state index < -0.39 is 29.7 Å². The summed E-state index contributed by atoms with van der Waals surface area (Å²) in [6.45, 7) is -0.158. The van der Waals surface area contributed by atoms with E-state index in [4.69, 9.17) is 4.74 Å². The molecule has 1 unspecified atom stereocenters. The average Bonchev–Trinajstić information content (AvgIpc) is 2.98. The lowest BCUT2D eigenvalue weighted by atomic mass is 10.2. The SMILES string of the molecule is O=CCOC(CCN1C(=O)C=CC1=O)CN1C(=O)C=CC1=O. The molecule has 116 valence electrons. The number of hydrogen-bond acceptors (Lipinski definition) is 6. The molecule has 0 bridgehead atoms. The van der Waals surface area contributed by atoms with Gasteiger partial charge in [0, 0.05) is 30.8 Å². The van der Waals surface area contributed by atoms with Crippen LogP contribution in [0.5, 0.6) is 0 Å². The van der Waals surface area contributed by atoms with Crippen molar-refractivity contribution >= 4 is 29.9 Å². The number of hydrogen-bond donors (Lipinski definition) is 0. The van der Waals surface area contributed by atoms with E-state index in [0.29, 0.717) is 6.29 Å². The second-order valence-corrected chi connectivity index (χ2v) is 4.69. The lowest BCUT2D eigenvalue weighted by Gasteiger charge is -2.24. The molecule has 0 radical (unpaired) electrons. The van der Waals surface area contributed by atoms with Crippen LogP contribution in [0.2, 0.25) is 0 Å². The van der Waals surface area contributed by atoms with Crippen LogP contribution in [0.1, 0.15) is 6.42 Å². The number of imide groups is 2. The molecule has 2 heterocycles. The van der Waals surface area contributed by atoms with Gasteiger partial charge in [-0.05, 0) is 6.42 Å². The number of carbonyl (C=O) groups excluding carboxylic acids is 5. The van der Waals surface area contributed by atoms with Gasteiger partial charge < -0.3 is 9.53 Å². The molecule has 0 aromatic carbocycles. The molecule has 8 heteroatoms. The number of carbonyl (C=O) groups is 5. The molecule has 2 aliphatic rings. The summed E-state index contributed by atoms with van der Waals surface area (Å²) >= 11 is 0. The van der Waals surface area contributed by atoms with E-state index in [9.17, 15) is 24.0 Å². The van der Waals surface area contributed by atoms with Crippen LogP contribution in [-0.2, 0) is 28.7 Å². The van der Waals surface area contributed by atoms with Crippen LogP contribution in [0.3, 0.4) is 0 Å². The Hall–Kier alpha value is -2.61. The largest absolute Gasteiger partial charge is 0.369 e. The fourth-order valence-corrected chi connectivity index (χ4v) is 2.14. The molecule has 4 amide bonds. The first-order chi connectivity index (χ1) is 10.5. The highest BCUT2D eigenvalue weighted by Crippen LogP contribution is 2.11. The van der Waals surface area contributed by atoms with E-state index >= 15 is 0 Å². The summed E-state index contributed by atoms with van der Waals surface area (Å²) in [6, 6.07) is 0. The first-order valence-electron chi connectivity index (χ1n) is 6.65. The van der Waals surface area contributed by atoms with Crippen molar-refractivity contribution in [3.8, 4) is 0 Å². The van der Waals surface area contributed by atoms with E-state index in [-0.39, 0.29) is 26.1 Å². The van der Waals surface area contributed by atoms with Crippen LogP contribution in [-0.4, -0.2) is 65.5 Å². The van der Waals surface area contributed by atoms with Crippen molar-refractivity contribution in [2.75, 3.05) is 19.7 Å². The third-order valence-corrected chi connectivity index (χ3v) is 3.26. The van der Waals surface area contributed by atoms with Crippen LogP contribution in [0.15, 0.2) is 24.3 Å². The van der Waals surface area contributed by atoms with Crippen LogP contribution < -0.4 is 0 Å². The normalized spacial score (nSPS) is 18.7. The van der Waals surface area contributed by atoms with Crippen LogP contribution in [0, 0.1) is 0 Å². The van der Waals surface area contributed by atoms with Crippen molar-refractivity contribution in [3.05, 3.63) is 24.3 Å². The van der Waals surface area contributed by atoms with Crippen molar-refractivity contribution in [2.45, 2.75) is 12.5 Å². The molecule has 8 nitrogen and oxygen atoms in total. The van der Waals surface area contributed by atoms with Gasteiger partial charge in [0.2, 0.25) is 0 Å². The maximum atomic E-state index is 11.5. The quantitative estimate of drug-likeness (QED) is 0.413. The first-order valence-corrected chi connectivity index (χ1v) is 6.65. The molecular weight excluding hydrogens is 292 g/mol. The van der Waals surface area contributed by atoms with E-state index in [1.54, 1.807) is 0 Å². The molecule has 0 spiro atoms. The molecule has 0 aliphatic carbocycles. The van der Waals surface area contributed by atoms with E-state index in [0.717, 1.165) is 22.0 Å². The van der Waals surface area contributed by atoms with Crippen molar-refractivity contribution in [1.82, 2.24) is 9.80 Å². The number of ether oxygens (including phenoxy) is 1. The fourth-order valence-electron chi connectivity index (χ4n) is 2.14. The molecule has 22 heavy (non-hydrogen) atoms. The second kappa shape index (κ2) is 6.90. The summed E-state index contributed by atoms with van der Waals surface area (Å²) < 4.78 is 5.27. The van der Waals surface area contributed by atoms with E-state index in [1.165, 1.54) is 12.2 Å². The van der Waals surface area contributed by atoms with Gasteiger partial charge in [0.1, 0.15) is 12.9 Å². The monoisotopic (exact) mass is 306 g/mol. The Morgan fingerprint density at radius 1 is 0.909 bits per heavy atom. The minimum atomic E-state index is -0.640. The number of aldehydes is 1. The maximum Gasteiger partial charge on any atom is 0.253 e. The van der Waals surface area contributed by atoms with Gasteiger partial charge >= 0.3 is 0 Å². The molecule has 0 saturated carbocycles. The summed E-state index contributed by atoms with van der Waals surface area (Å²) in [5.41, 5.74) is 0. The molecular formula is C14H14N2O6. The Bertz CT molecular complexity index is 544. The van der Waals surface area contributed by atoms with Crippen molar-refractivity contribution in [1.29, 1.82) is 0 Å². The van der Waals surface area contributed by atoms with Gasteiger partial charge in [-0.3, -0.25) is 29.0 Å². The first kappa shape index (κ1) is 15.8. The van der Waals surface area contributed by atoms with Gasteiger partial charge in [-0.15, -0.1) is 0 Å². The van der Waals surface area contributed by atoms with Gasteiger partial charge in [0.05, 0.1) is 12.6 Å². The summed E-state index contributed by atoms with van der Waals surface area (Å²) in [5.74, 6) is -1.76. The predicted molar refractivity (Wildman–Crippen MR) is 72.1 cm³/mol. The predicted octanol–water partition coefficient (Wildman–Crippen LogP) is -1.19. The van der Waals surface area contributed by atoms with Crippen LogP contribution >= 0.6 is 0 Å². The summed E-state index contributed by atoms with van der Waals surface area (Å²) in [7, 11) is 0. The smallest absolute Gasteiger partial charge is 0.253 e. The van der Waals surface area contributed by atoms with Gasteiger partial charge in [-0.2, -0.15) is 0 Å². The minimum Gasteiger partial charge on any atom is -0.369 e. The highest BCUT2D eigenvalue weighted by atomic mass is 16.5. The van der Waals surface area contributed by atoms with Crippen molar-refractivity contribution < 1.29 is 28.7 Å². The molecule has 0 aromatic rings. The Morgan fingerprint density at radius 2 is 1.41 bits per heavy atom. The summed E-state index contributed by atoms with van der Waals surface area (Å²) in [6.07, 6.45) is 4.76. The second-order valence-electron chi connectivity index (χ2n) is 4.69. The summed E-state index contributed by atoms with van der Waals surface area (Å²) in [5, 5.41) is 0. The van der Waals surface area contributed by atoms with Gasteiger partial charge in [-0.25, -0.2) is 0 Å². The molecule has 1 atom stereocenters. The zero-order chi connectivity index (χ0) is 16.1. The third-order valence-electron chi connectivity index (χ3n) is 3.26. The van der Waals surface area contributed by atoms with Gasteiger partial charge in [0.15, 0.2) is 0 Å². The standard InChI is InChI=1S/C14H14N2O6/c17-7-8-22-10(9-16-13(20)3-4-14(16)21)5-6-15-11(18)1-2-12(15)19/h1-4,7,10H,5-6,8-9H2. The zero-order valence-corrected chi connectivity index (χ0v) is 11.6. The fraction of sp³-hybridized carbons (Fsp3) is 0.357. The average molecular weight is 306 g/mol. The van der Waals surface area contributed by atoms with Gasteiger partial charge in [-0.1, -0.05) is 0 Å². The highest BCUT2D eigenvalue weighted by molar-refractivity contribution is 6.13. The zero-order valence-electron chi connectivity index (χ0n) is 11.6. The number of rotatable bonds is 8. The number of amides is 4. The van der Waals surface area contributed by atoms with Gasteiger partial charge in [0.25, 0.3) is 23.6 Å². The molecule has 0 fully saturated rings. The lowest BCUT2D eigenvalue weighted by molar-refractivity contribution is -0.142. The van der Waals surface area contributed by atoms with Crippen LogP contribution in [0.4, 0.5) is 0 Å². The molecule has 2 aliphatic heterocycles. The molecule has 0 N–H and O–H groups in total. The number of nitrogens with zero attached hydrogens (tertiary/aromatic N) is 2. The van der Waals surface area contributed by atoms with E-state index in [1.807, 2.05) is 0 Å². The van der Waals surface area contributed by atoms with Crippen molar-refractivity contribution in [2.24, 2.45) is 0 Å². The van der Waals surface area contributed by atoms with E-state index in [2.05, 4.69) is 0 Å². The Balaban J connectivity index is 1.93. The Kier molecular flexibility index (Phi) is 4.95. The summed E-state index contributed by atoms with van der Waals surface area (Å²) in [4.78, 5) is 58.4. The lowest BCUT2D eigenvalue weighted by Crippen LogP contribution is -2.41. The van der Waals surface area contributed by atoms with Crippen molar-refractivity contribution in [3.63, 3.8) is 0 Å². The Labute approximate surface area is 126 Å². The topological polar surface area (TPSA) is 101 Å². The molecule has 0 saturated heterocycles. The highest BCUT2D eigenvalue weighted by Gasteiger charge is 2.29.